The van der Waals surface area contributed by atoms with Crippen LogP contribution in [0.2, 0.25) is 18.1 Å². The lowest BCUT2D eigenvalue weighted by molar-refractivity contribution is -0.0114. The molecule has 0 aliphatic carbocycles. The lowest BCUT2D eigenvalue weighted by atomic mass is 10.3. The van der Waals surface area contributed by atoms with Crippen LogP contribution in [0.15, 0.2) is 0 Å². The van der Waals surface area contributed by atoms with Crippen LogP contribution in [-0.4, -0.2) is 120 Å². The van der Waals surface area contributed by atoms with E-state index in [1.807, 2.05) is 34.6 Å². The van der Waals surface area contributed by atoms with Gasteiger partial charge in [-0.1, -0.05) is 0 Å². The highest BCUT2D eigenvalue weighted by Gasteiger charge is 2.43. The molecule has 0 saturated carbocycles. The van der Waals surface area contributed by atoms with Crippen molar-refractivity contribution < 1.29 is 44.6 Å². The first-order valence-electron chi connectivity index (χ1n) is 14.8. The minimum Gasteiger partial charge on any atom is -0.379 e. The Morgan fingerprint density at radius 3 is 1.57 bits per heavy atom. The molecule has 0 aliphatic rings. The summed E-state index contributed by atoms with van der Waals surface area (Å²) in [7, 11) is -3.38. The lowest BCUT2D eigenvalue weighted by Gasteiger charge is -2.33. The van der Waals surface area contributed by atoms with Crippen LogP contribution in [0.1, 0.15) is 53.9 Å². The number of hydrogen-bond acceptors (Lipinski definition) is 12. The first-order valence-corrected chi connectivity index (χ1v) is 20.6. The van der Waals surface area contributed by atoms with Gasteiger partial charge in [0.25, 0.3) is 0 Å². The monoisotopic (exact) mass is 632 g/mol. The van der Waals surface area contributed by atoms with Gasteiger partial charge in [-0.05, 0) is 67.0 Å². The third-order valence-electron chi connectivity index (χ3n) is 6.07. The summed E-state index contributed by atoms with van der Waals surface area (Å²) in [4.78, 5) is 0. The van der Waals surface area contributed by atoms with Crippen LogP contribution in [0, 0.1) is 0 Å². The second kappa shape index (κ2) is 24.6. The van der Waals surface area contributed by atoms with Crippen LogP contribution >= 0.6 is 0 Å². The molecule has 15 heteroatoms. The lowest BCUT2D eigenvalue weighted by Crippen LogP contribution is -2.52. The Balaban J connectivity index is 5.24. The summed E-state index contributed by atoms with van der Waals surface area (Å²) >= 11 is 0. The molecule has 0 aromatic rings. The standard InChI is InChI=1S/C25H60N2O10Si3/c1-9-32-39(33-10-2,34-11-3)21-15-18-27-23-25(24-31-19-16-22-38(28-6,29-7)30-8)37-40(35-12-4,36-13-5)20-14-17-26/h25,27H,9-24,26H2,1-8H3. The van der Waals surface area contributed by atoms with Gasteiger partial charge in [-0.3, -0.25) is 0 Å². The summed E-state index contributed by atoms with van der Waals surface area (Å²) in [6, 6.07) is 2.07. The highest BCUT2D eigenvalue weighted by Crippen LogP contribution is 2.21. The molecule has 1 atom stereocenters. The van der Waals surface area contributed by atoms with Gasteiger partial charge in [0.05, 0.1) is 12.7 Å². The fourth-order valence-electron chi connectivity index (χ4n) is 4.32. The highest BCUT2D eigenvalue weighted by molar-refractivity contribution is 6.61. The predicted molar refractivity (Wildman–Crippen MR) is 162 cm³/mol. The molecule has 0 saturated heterocycles. The van der Waals surface area contributed by atoms with Crippen molar-refractivity contribution in [2.24, 2.45) is 5.73 Å². The van der Waals surface area contributed by atoms with Gasteiger partial charge < -0.3 is 55.6 Å². The normalized spacial score (nSPS) is 13.7. The van der Waals surface area contributed by atoms with E-state index in [9.17, 15) is 0 Å². The molecule has 40 heavy (non-hydrogen) atoms. The molecule has 0 heterocycles. The Hall–Kier alpha value is 0.171. The Bertz CT molecular complexity index is 552. The molecule has 12 nitrogen and oxygen atoms in total. The molecule has 0 radical (unpaired) electrons. The van der Waals surface area contributed by atoms with Gasteiger partial charge in [-0.2, -0.15) is 0 Å². The molecular weight excluding hydrogens is 573 g/mol. The summed E-state index contributed by atoms with van der Waals surface area (Å²) in [6.07, 6.45) is 2.10. The molecule has 0 aromatic carbocycles. The minimum absolute atomic E-state index is 0.260. The largest absolute Gasteiger partial charge is 0.501 e. The molecule has 0 spiro atoms. The Morgan fingerprint density at radius 2 is 1.10 bits per heavy atom. The molecule has 0 aliphatic heterocycles. The number of hydrogen-bond donors (Lipinski definition) is 2. The quantitative estimate of drug-likeness (QED) is 0.0892. The van der Waals surface area contributed by atoms with Gasteiger partial charge in [0.15, 0.2) is 0 Å². The van der Waals surface area contributed by atoms with Gasteiger partial charge in [-0.25, -0.2) is 0 Å². The van der Waals surface area contributed by atoms with E-state index in [4.69, 9.17) is 50.3 Å². The van der Waals surface area contributed by atoms with Crippen LogP contribution < -0.4 is 11.1 Å². The summed E-state index contributed by atoms with van der Waals surface area (Å²) in [5, 5.41) is 3.52. The van der Waals surface area contributed by atoms with Crippen molar-refractivity contribution in [3.63, 3.8) is 0 Å². The first kappa shape index (κ1) is 40.2. The van der Waals surface area contributed by atoms with Gasteiger partial charge in [0, 0.05) is 85.6 Å². The highest BCUT2D eigenvalue weighted by atomic mass is 28.4. The van der Waals surface area contributed by atoms with Crippen molar-refractivity contribution >= 4 is 26.4 Å². The summed E-state index contributed by atoms with van der Waals surface area (Å²) in [6.45, 7) is 15.4. The SMILES string of the molecule is CCO[Si](CCCNCC(COCCC[Si](OC)(OC)OC)O[Si](CCCN)(OCC)OCC)(OCC)OCC. The maximum absolute atomic E-state index is 6.62. The van der Waals surface area contributed by atoms with E-state index < -0.39 is 26.4 Å². The molecular formula is C25H60N2O10Si3. The first-order chi connectivity index (χ1) is 19.3. The zero-order valence-electron chi connectivity index (χ0n) is 26.6. The van der Waals surface area contributed by atoms with Gasteiger partial charge in [0.1, 0.15) is 0 Å². The smallest absolute Gasteiger partial charge is 0.379 e. The van der Waals surface area contributed by atoms with Gasteiger partial charge in [0.2, 0.25) is 0 Å². The number of nitrogens with two attached hydrogens (primary N) is 1. The molecule has 0 fully saturated rings. The summed E-state index contributed by atoms with van der Waals surface area (Å²) in [5.74, 6) is 0. The van der Waals surface area contributed by atoms with Crippen molar-refractivity contribution in [1.29, 1.82) is 0 Å². The van der Waals surface area contributed by atoms with Gasteiger partial charge >= 0.3 is 26.4 Å². The Morgan fingerprint density at radius 1 is 0.625 bits per heavy atom. The predicted octanol–water partition coefficient (Wildman–Crippen LogP) is 3.05. The summed E-state index contributed by atoms with van der Waals surface area (Å²) < 4.78 is 59.4. The van der Waals surface area contributed by atoms with Crippen molar-refractivity contribution in [2.45, 2.75) is 78.1 Å². The van der Waals surface area contributed by atoms with E-state index in [1.54, 1.807) is 21.3 Å². The molecule has 0 rings (SSSR count). The molecule has 0 aromatic heterocycles. The summed E-state index contributed by atoms with van der Waals surface area (Å²) in [5.41, 5.74) is 5.82. The van der Waals surface area contributed by atoms with E-state index in [0.717, 1.165) is 31.9 Å². The third kappa shape index (κ3) is 16.1. The number of ether oxygens (including phenoxy) is 1. The van der Waals surface area contributed by atoms with E-state index >= 15 is 0 Å². The average Bonchev–Trinajstić information content (AvgIpc) is 2.94. The van der Waals surface area contributed by atoms with Gasteiger partial charge in [-0.15, -0.1) is 0 Å². The minimum atomic E-state index is -2.93. The zero-order chi connectivity index (χ0) is 30.2. The van der Waals surface area contributed by atoms with Crippen molar-refractivity contribution in [3.8, 4) is 0 Å². The van der Waals surface area contributed by atoms with Crippen LogP contribution in [0.4, 0.5) is 0 Å². The average molecular weight is 633 g/mol. The van der Waals surface area contributed by atoms with Crippen molar-refractivity contribution in [3.05, 3.63) is 0 Å². The van der Waals surface area contributed by atoms with Crippen LogP contribution in [-0.2, 0) is 44.6 Å². The number of rotatable bonds is 30. The van der Waals surface area contributed by atoms with E-state index in [-0.39, 0.29) is 6.10 Å². The van der Waals surface area contributed by atoms with Crippen LogP contribution in [0.25, 0.3) is 0 Å². The fraction of sp³-hybridized carbons (Fsp3) is 1.00. The molecule has 0 amide bonds. The maximum Gasteiger partial charge on any atom is 0.501 e. The molecule has 3 N–H and O–H groups in total. The molecule has 1 unspecified atom stereocenters. The van der Waals surface area contributed by atoms with E-state index in [2.05, 4.69) is 5.32 Å². The second-order valence-electron chi connectivity index (χ2n) is 8.94. The topological polar surface area (TPSA) is 130 Å². The van der Waals surface area contributed by atoms with Crippen LogP contribution in [0.5, 0.6) is 0 Å². The third-order valence-corrected chi connectivity index (χ3v) is 15.2. The molecule has 242 valence electrons. The Labute approximate surface area is 247 Å². The van der Waals surface area contributed by atoms with Crippen LogP contribution in [0.3, 0.4) is 0 Å². The Kier molecular flexibility index (Phi) is 24.7. The number of nitrogens with one attached hydrogen (secondary N) is 1. The van der Waals surface area contributed by atoms with E-state index in [1.165, 1.54) is 0 Å². The fourth-order valence-corrected chi connectivity index (χ4v) is 11.4. The zero-order valence-corrected chi connectivity index (χ0v) is 29.6. The van der Waals surface area contributed by atoms with Crippen molar-refractivity contribution in [1.82, 2.24) is 5.32 Å². The maximum atomic E-state index is 6.62. The van der Waals surface area contributed by atoms with Crippen molar-refractivity contribution in [2.75, 3.05) is 87.2 Å². The van der Waals surface area contributed by atoms with E-state index in [0.29, 0.717) is 71.4 Å². The molecule has 0 bridgehead atoms. The second-order valence-corrected chi connectivity index (χ2v) is 17.4.